The standard InChI is InChI=1S/C24H32N2O6SSi/c1-18-19(2)25-32-24(18)26(17-30-14-15-31-34(3,4)5)33(28,29)23-9-7-6-8-22(23)21-12-10-20(16-27)11-13-21/h6-13,27H,14-17H2,1-5H3. The maximum absolute atomic E-state index is 13.9. The fourth-order valence-corrected chi connectivity index (χ4v) is 5.52. The highest BCUT2D eigenvalue weighted by molar-refractivity contribution is 7.93. The number of ether oxygens (including phenoxy) is 1. The predicted octanol–water partition coefficient (Wildman–Crippen LogP) is 4.47. The molecule has 0 bridgehead atoms. The van der Waals surface area contributed by atoms with E-state index in [-0.39, 0.29) is 30.7 Å². The Hall–Kier alpha value is -2.50. The highest BCUT2D eigenvalue weighted by Crippen LogP contribution is 2.33. The van der Waals surface area contributed by atoms with Crippen molar-refractivity contribution in [3.05, 3.63) is 65.4 Å². The third kappa shape index (κ3) is 6.13. The Bertz CT molecular complexity index is 1200. The van der Waals surface area contributed by atoms with Gasteiger partial charge in [0, 0.05) is 11.1 Å². The fourth-order valence-electron chi connectivity index (χ4n) is 3.27. The van der Waals surface area contributed by atoms with Crippen LogP contribution in [0, 0.1) is 13.8 Å². The topological polar surface area (TPSA) is 102 Å². The number of aryl methyl sites for hydroxylation is 1. The van der Waals surface area contributed by atoms with Gasteiger partial charge in [0.1, 0.15) is 6.73 Å². The highest BCUT2D eigenvalue weighted by atomic mass is 32.2. The van der Waals surface area contributed by atoms with E-state index >= 15 is 0 Å². The van der Waals surface area contributed by atoms with Crippen LogP contribution < -0.4 is 4.31 Å². The number of aromatic nitrogens is 1. The van der Waals surface area contributed by atoms with Crippen molar-refractivity contribution >= 4 is 24.2 Å². The van der Waals surface area contributed by atoms with Crippen LogP contribution in [0.1, 0.15) is 16.8 Å². The van der Waals surface area contributed by atoms with Gasteiger partial charge in [-0.1, -0.05) is 47.6 Å². The number of anilines is 1. The highest BCUT2D eigenvalue weighted by Gasteiger charge is 2.32. The van der Waals surface area contributed by atoms with Crippen LogP contribution in [0.15, 0.2) is 57.9 Å². The molecule has 0 aliphatic carbocycles. The predicted molar refractivity (Wildman–Crippen MR) is 134 cm³/mol. The van der Waals surface area contributed by atoms with Gasteiger partial charge in [-0.05, 0) is 50.7 Å². The molecule has 1 heterocycles. The number of benzene rings is 2. The van der Waals surface area contributed by atoms with Crippen LogP contribution >= 0.6 is 0 Å². The Morgan fingerprint density at radius 2 is 1.71 bits per heavy atom. The van der Waals surface area contributed by atoms with Crippen LogP contribution in [0.2, 0.25) is 19.6 Å². The molecule has 0 spiro atoms. The number of nitrogens with zero attached hydrogens (tertiary/aromatic N) is 2. The van der Waals surface area contributed by atoms with Crippen LogP contribution in [-0.2, 0) is 25.8 Å². The normalized spacial score (nSPS) is 12.2. The third-order valence-corrected chi connectivity index (χ3v) is 8.07. The van der Waals surface area contributed by atoms with Crippen LogP contribution in [0.3, 0.4) is 0 Å². The molecular weight excluding hydrogens is 472 g/mol. The lowest BCUT2D eigenvalue weighted by molar-refractivity contribution is 0.103. The van der Waals surface area contributed by atoms with Gasteiger partial charge in [0.2, 0.25) is 5.88 Å². The van der Waals surface area contributed by atoms with E-state index in [1.165, 1.54) is 0 Å². The number of rotatable bonds is 11. The summed E-state index contributed by atoms with van der Waals surface area (Å²) < 4.78 is 45.9. The van der Waals surface area contributed by atoms with Crippen molar-refractivity contribution in [1.82, 2.24) is 5.16 Å². The summed E-state index contributed by atoms with van der Waals surface area (Å²) in [7, 11) is -5.78. The van der Waals surface area contributed by atoms with Crippen molar-refractivity contribution in [2.24, 2.45) is 0 Å². The molecule has 8 nitrogen and oxygen atoms in total. The maximum Gasteiger partial charge on any atom is 0.269 e. The lowest BCUT2D eigenvalue weighted by Crippen LogP contribution is -2.35. The molecule has 1 N–H and O–H groups in total. The van der Waals surface area contributed by atoms with E-state index in [2.05, 4.69) is 24.8 Å². The Morgan fingerprint density at radius 3 is 2.29 bits per heavy atom. The summed E-state index contributed by atoms with van der Waals surface area (Å²) in [5, 5.41) is 13.3. The second-order valence-electron chi connectivity index (χ2n) is 8.90. The molecule has 0 saturated carbocycles. The fraction of sp³-hybridized carbons (Fsp3) is 0.375. The summed E-state index contributed by atoms with van der Waals surface area (Å²) >= 11 is 0. The molecule has 3 rings (SSSR count). The van der Waals surface area contributed by atoms with Crippen molar-refractivity contribution in [2.75, 3.05) is 24.2 Å². The van der Waals surface area contributed by atoms with E-state index in [4.69, 9.17) is 13.7 Å². The molecule has 0 aliphatic heterocycles. The van der Waals surface area contributed by atoms with Crippen molar-refractivity contribution in [3.8, 4) is 11.1 Å². The van der Waals surface area contributed by atoms with Crippen molar-refractivity contribution < 1.29 is 27.2 Å². The molecule has 2 aromatic carbocycles. The van der Waals surface area contributed by atoms with Gasteiger partial charge in [0.15, 0.2) is 8.32 Å². The smallest absolute Gasteiger partial charge is 0.269 e. The minimum Gasteiger partial charge on any atom is -0.415 e. The Morgan fingerprint density at radius 1 is 1.03 bits per heavy atom. The summed E-state index contributed by atoms with van der Waals surface area (Å²) in [4.78, 5) is 0.113. The van der Waals surface area contributed by atoms with Gasteiger partial charge >= 0.3 is 0 Å². The zero-order valence-electron chi connectivity index (χ0n) is 20.2. The molecule has 0 saturated heterocycles. The Labute approximate surface area is 202 Å². The second kappa shape index (κ2) is 10.8. The first-order valence-corrected chi connectivity index (χ1v) is 15.9. The van der Waals surface area contributed by atoms with E-state index in [1.54, 1.807) is 62.4 Å². The van der Waals surface area contributed by atoms with Crippen molar-refractivity contribution in [2.45, 2.75) is 45.0 Å². The van der Waals surface area contributed by atoms with Crippen LogP contribution in [-0.4, -0.2) is 46.9 Å². The van der Waals surface area contributed by atoms with Crippen molar-refractivity contribution in [3.63, 3.8) is 0 Å². The van der Waals surface area contributed by atoms with E-state index in [0.717, 1.165) is 9.87 Å². The number of sulfonamides is 1. The molecule has 184 valence electrons. The molecule has 10 heteroatoms. The third-order valence-electron chi connectivity index (χ3n) is 5.23. The Kier molecular flexibility index (Phi) is 8.32. The molecule has 0 atom stereocenters. The van der Waals surface area contributed by atoms with Crippen LogP contribution in [0.25, 0.3) is 11.1 Å². The molecule has 0 unspecified atom stereocenters. The molecular formula is C24H32N2O6SSi. The molecule has 1 aromatic heterocycles. The summed E-state index contributed by atoms with van der Waals surface area (Å²) in [5.74, 6) is 0.119. The summed E-state index contributed by atoms with van der Waals surface area (Å²) in [6.45, 7) is 10.0. The number of hydrogen-bond acceptors (Lipinski definition) is 7. The molecule has 0 amide bonds. The van der Waals surface area contributed by atoms with Gasteiger partial charge in [0.05, 0.1) is 30.4 Å². The molecule has 34 heavy (non-hydrogen) atoms. The molecule has 0 fully saturated rings. The minimum absolute atomic E-state index is 0.0864. The lowest BCUT2D eigenvalue weighted by Gasteiger charge is -2.24. The minimum atomic E-state index is -4.08. The average molecular weight is 505 g/mol. The van der Waals surface area contributed by atoms with Gasteiger partial charge in [-0.3, -0.25) is 0 Å². The molecule has 3 aromatic rings. The SMILES string of the molecule is Cc1noc(N(COCCO[Si](C)(C)C)S(=O)(=O)c2ccccc2-c2ccc(CO)cc2)c1C. The average Bonchev–Trinajstić information content (AvgIpc) is 3.13. The van der Waals surface area contributed by atoms with Crippen molar-refractivity contribution in [1.29, 1.82) is 0 Å². The summed E-state index contributed by atoms with van der Waals surface area (Å²) in [5.41, 5.74) is 3.21. The van der Waals surface area contributed by atoms with Crippen LogP contribution in [0.4, 0.5) is 5.88 Å². The molecule has 0 aliphatic rings. The van der Waals surface area contributed by atoms with Gasteiger partial charge in [-0.15, -0.1) is 0 Å². The van der Waals surface area contributed by atoms with Gasteiger partial charge in [-0.25, -0.2) is 12.7 Å². The van der Waals surface area contributed by atoms with E-state index in [0.29, 0.717) is 29.0 Å². The first-order chi connectivity index (χ1) is 16.0. The van der Waals surface area contributed by atoms with E-state index < -0.39 is 18.3 Å². The van der Waals surface area contributed by atoms with Gasteiger partial charge < -0.3 is 18.8 Å². The maximum atomic E-state index is 13.9. The first kappa shape index (κ1) is 26.1. The number of aliphatic hydroxyl groups excluding tert-OH is 1. The van der Waals surface area contributed by atoms with E-state index in [9.17, 15) is 13.5 Å². The first-order valence-electron chi connectivity index (χ1n) is 11.0. The van der Waals surface area contributed by atoms with E-state index in [1.807, 2.05) is 0 Å². The second-order valence-corrected chi connectivity index (χ2v) is 15.2. The monoisotopic (exact) mass is 504 g/mol. The summed E-state index contributed by atoms with van der Waals surface area (Å²) in [6.07, 6.45) is 0. The Balaban J connectivity index is 1.96. The van der Waals surface area contributed by atoms with Gasteiger partial charge in [-0.2, -0.15) is 0 Å². The van der Waals surface area contributed by atoms with Gasteiger partial charge in [0.25, 0.3) is 10.0 Å². The zero-order chi connectivity index (χ0) is 24.9. The van der Waals surface area contributed by atoms with Crippen LogP contribution in [0.5, 0.6) is 0 Å². The zero-order valence-corrected chi connectivity index (χ0v) is 22.1. The lowest BCUT2D eigenvalue weighted by atomic mass is 10.0. The summed E-state index contributed by atoms with van der Waals surface area (Å²) in [6, 6.07) is 13.9. The number of aliphatic hydroxyl groups is 1. The molecule has 0 radical (unpaired) electrons. The number of hydrogen-bond donors (Lipinski definition) is 1. The largest absolute Gasteiger partial charge is 0.415 e. The quantitative estimate of drug-likeness (QED) is 0.233.